The monoisotopic (exact) mass is 173 g/mol. The van der Waals surface area contributed by atoms with Gasteiger partial charge in [-0.2, -0.15) is 0 Å². The topological polar surface area (TPSA) is 26.0 Å². The van der Waals surface area contributed by atoms with E-state index in [-0.39, 0.29) is 5.54 Å². The second-order valence-electron chi connectivity index (χ2n) is 4.49. The summed E-state index contributed by atoms with van der Waals surface area (Å²) in [6, 6.07) is 8.71. The Morgan fingerprint density at radius 2 is 2.15 bits per heavy atom. The summed E-state index contributed by atoms with van der Waals surface area (Å²) < 4.78 is 0. The van der Waals surface area contributed by atoms with Crippen molar-refractivity contribution >= 4 is 0 Å². The van der Waals surface area contributed by atoms with Gasteiger partial charge in [0.05, 0.1) is 0 Å². The van der Waals surface area contributed by atoms with Gasteiger partial charge in [0.25, 0.3) is 0 Å². The summed E-state index contributed by atoms with van der Waals surface area (Å²) in [6.07, 6.45) is 5.04. The molecule has 0 bridgehead atoms. The molecule has 2 N–H and O–H groups in total. The van der Waals surface area contributed by atoms with E-state index in [1.165, 1.54) is 36.8 Å². The summed E-state index contributed by atoms with van der Waals surface area (Å²) >= 11 is 0. The summed E-state index contributed by atoms with van der Waals surface area (Å²) in [5, 5.41) is 0. The van der Waals surface area contributed by atoms with Crippen LogP contribution in [0.15, 0.2) is 24.3 Å². The molecule has 0 radical (unpaired) electrons. The van der Waals surface area contributed by atoms with Crippen LogP contribution in [-0.4, -0.2) is 0 Å². The normalized spacial score (nSPS) is 35.9. The Balaban J connectivity index is 2.17. The summed E-state index contributed by atoms with van der Waals surface area (Å²) in [4.78, 5) is 0. The molecule has 0 amide bonds. The maximum Gasteiger partial charge on any atom is 0.0444 e. The minimum Gasteiger partial charge on any atom is -0.321 e. The molecule has 68 valence electrons. The van der Waals surface area contributed by atoms with E-state index in [9.17, 15) is 0 Å². The number of hydrogen-bond acceptors (Lipinski definition) is 1. The average molecular weight is 173 g/mol. The van der Waals surface area contributed by atoms with E-state index in [2.05, 4.69) is 24.3 Å². The van der Waals surface area contributed by atoms with Crippen LogP contribution >= 0.6 is 0 Å². The SMILES string of the molecule is N[C@@]12CCC[C@@H]1Cc1ccccc12. The average Bonchev–Trinajstić information content (AvgIpc) is 2.60. The molecule has 2 atom stereocenters. The molecule has 0 unspecified atom stereocenters. The zero-order chi connectivity index (χ0) is 8.89. The minimum atomic E-state index is 0.0383. The second kappa shape index (κ2) is 2.36. The lowest BCUT2D eigenvalue weighted by Crippen LogP contribution is -2.36. The Labute approximate surface area is 78.9 Å². The van der Waals surface area contributed by atoms with Gasteiger partial charge in [-0.1, -0.05) is 30.7 Å². The molecule has 1 aromatic carbocycles. The van der Waals surface area contributed by atoms with Crippen molar-refractivity contribution < 1.29 is 0 Å². The lowest BCUT2D eigenvalue weighted by Gasteiger charge is -2.25. The van der Waals surface area contributed by atoms with Crippen LogP contribution in [0, 0.1) is 5.92 Å². The molecule has 0 spiro atoms. The molecule has 1 saturated carbocycles. The maximum atomic E-state index is 6.48. The number of nitrogens with two attached hydrogens (primary N) is 1. The fraction of sp³-hybridized carbons (Fsp3) is 0.500. The molecule has 2 aliphatic rings. The van der Waals surface area contributed by atoms with Crippen LogP contribution in [-0.2, 0) is 12.0 Å². The predicted octanol–water partition coefficient (Wildman–Crippen LogP) is 2.20. The summed E-state index contributed by atoms with van der Waals surface area (Å²) in [5.41, 5.74) is 9.44. The van der Waals surface area contributed by atoms with Crippen molar-refractivity contribution in [2.45, 2.75) is 31.2 Å². The van der Waals surface area contributed by atoms with Gasteiger partial charge in [-0.25, -0.2) is 0 Å². The van der Waals surface area contributed by atoms with E-state index in [0.29, 0.717) is 0 Å². The molecule has 1 nitrogen and oxygen atoms in total. The minimum absolute atomic E-state index is 0.0383. The van der Waals surface area contributed by atoms with Crippen LogP contribution in [0.4, 0.5) is 0 Å². The third-order valence-corrected chi connectivity index (χ3v) is 3.86. The molecule has 0 aromatic heterocycles. The number of hydrogen-bond donors (Lipinski definition) is 1. The fourth-order valence-corrected chi connectivity index (χ4v) is 3.16. The largest absolute Gasteiger partial charge is 0.321 e. The molecule has 0 heterocycles. The maximum absolute atomic E-state index is 6.48. The molecule has 0 saturated heterocycles. The van der Waals surface area contributed by atoms with Gasteiger partial charge in [0, 0.05) is 5.54 Å². The first-order valence-corrected chi connectivity index (χ1v) is 5.18. The zero-order valence-electron chi connectivity index (χ0n) is 7.79. The van der Waals surface area contributed by atoms with E-state index in [1.807, 2.05) is 0 Å². The van der Waals surface area contributed by atoms with Crippen LogP contribution in [0.3, 0.4) is 0 Å². The van der Waals surface area contributed by atoms with Crippen LogP contribution in [0.25, 0.3) is 0 Å². The van der Waals surface area contributed by atoms with E-state index in [1.54, 1.807) is 0 Å². The molecule has 0 aliphatic heterocycles. The third kappa shape index (κ3) is 0.856. The number of rotatable bonds is 0. The van der Waals surface area contributed by atoms with Gasteiger partial charge in [0.15, 0.2) is 0 Å². The van der Waals surface area contributed by atoms with Crippen LogP contribution in [0.1, 0.15) is 30.4 Å². The molecule has 3 rings (SSSR count). The summed E-state index contributed by atoms with van der Waals surface area (Å²) in [5.74, 6) is 0.727. The second-order valence-corrected chi connectivity index (χ2v) is 4.49. The fourth-order valence-electron chi connectivity index (χ4n) is 3.16. The Morgan fingerprint density at radius 1 is 1.31 bits per heavy atom. The Bertz CT molecular complexity index is 345. The molecule has 13 heavy (non-hydrogen) atoms. The van der Waals surface area contributed by atoms with Crippen molar-refractivity contribution in [3.05, 3.63) is 35.4 Å². The smallest absolute Gasteiger partial charge is 0.0444 e. The molecular weight excluding hydrogens is 158 g/mol. The van der Waals surface area contributed by atoms with Gasteiger partial charge < -0.3 is 5.73 Å². The van der Waals surface area contributed by atoms with E-state index < -0.39 is 0 Å². The lowest BCUT2D eigenvalue weighted by atomic mass is 9.88. The highest BCUT2D eigenvalue weighted by Crippen LogP contribution is 2.49. The Morgan fingerprint density at radius 3 is 3.08 bits per heavy atom. The molecule has 1 heteroatoms. The van der Waals surface area contributed by atoms with Crippen molar-refractivity contribution in [3.8, 4) is 0 Å². The van der Waals surface area contributed by atoms with E-state index >= 15 is 0 Å². The van der Waals surface area contributed by atoms with E-state index in [0.717, 1.165) is 5.92 Å². The summed E-state index contributed by atoms with van der Waals surface area (Å²) in [7, 11) is 0. The van der Waals surface area contributed by atoms with E-state index in [4.69, 9.17) is 5.73 Å². The van der Waals surface area contributed by atoms with Crippen molar-refractivity contribution in [1.29, 1.82) is 0 Å². The third-order valence-electron chi connectivity index (χ3n) is 3.86. The van der Waals surface area contributed by atoms with Crippen molar-refractivity contribution in [1.82, 2.24) is 0 Å². The number of fused-ring (bicyclic) bond motifs is 3. The van der Waals surface area contributed by atoms with Gasteiger partial charge in [0.2, 0.25) is 0 Å². The predicted molar refractivity (Wildman–Crippen MR) is 53.4 cm³/mol. The van der Waals surface area contributed by atoms with Crippen LogP contribution in [0.5, 0.6) is 0 Å². The van der Waals surface area contributed by atoms with Gasteiger partial charge in [0.1, 0.15) is 0 Å². The molecule has 1 fully saturated rings. The number of benzene rings is 1. The highest BCUT2D eigenvalue weighted by molar-refractivity contribution is 5.40. The quantitative estimate of drug-likeness (QED) is 0.639. The first-order valence-electron chi connectivity index (χ1n) is 5.18. The molecule has 2 aliphatic carbocycles. The van der Waals surface area contributed by atoms with Crippen LogP contribution < -0.4 is 5.73 Å². The standard InChI is InChI=1S/C12H15N/c13-12-7-3-5-10(12)8-9-4-1-2-6-11(9)12/h1-2,4,6,10H,3,5,7-8,13H2/t10-,12+/m1/s1. The van der Waals surface area contributed by atoms with Crippen LogP contribution in [0.2, 0.25) is 0 Å². The zero-order valence-corrected chi connectivity index (χ0v) is 7.79. The van der Waals surface area contributed by atoms with Crippen molar-refractivity contribution in [2.75, 3.05) is 0 Å². The van der Waals surface area contributed by atoms with Gasteiger partial charge >= 0.3 is 0 Å². The first-order chi connectivity index (χ1) is 6.31. The van der Waals surface area contributed by atoms with Gasteiger partial charge in [-0.3, -0.25) is 0 Å². The summed E-state index contributed by atoms with van der Waals surface area (Å²) in [6.45, 7) is 0. The lowest BCUT2D eigenvalue weighted by molar-refractivity contribution is 0.357. The molecule has 1 aromatic rings. The van der Waals surface area contributed by atoms with Gasteiger partial charge in [-0.05, 0) is 36.3 Å². The highest BCUT2D eigenvalue weighted by atomic mass is 14.8. The molecular formula is C12H15N. The van der Waals surface area contributed by atoms with Gasteiger partial charge in [-0.15, -0.1) is 0 Å². The highest BCUT2D eigenvalue weighted by Gasteiger charge is 2.46. The van der Waals surface area contributed by atoms with Crippen molar-refractivity contribution in [3.63, 3.8) is 0 Å². The van der Waals surface area contributed by atoms with Crippen molar-refractivity contribution in [2.24, 2.45) is 11.7 Å². The first kappa shape index (κ1) is 7.57. The Hall–Kier alpha value is -0.820. The Kier molecular flexibility index (Phi) is 1.37.